The zero-order chi connectivity index (χ0) is 15.9. The number of aromatic hydroxyl groups is 1. The molecule has 114 valence electrons. The number of hydrogen-bond donors (Lipinski definition) is 1. The first-order valence-electron chi connectivity index (χ1n) is 6.96. The van der Waals surface area contributed by atoms with E-state index in [1.54, 1.807) is 18.2 Å². The fourth-order valence-corrected chi connectivity index (χ4v) is 2.43. The van der Waals surface area contributed by atoms with Crippen LogP contribution in [0.4, 0.5) is 0 Å². The number of phenolic OH excluding ortho intramolecular Hbond substituents is 1. The Labute approximate surface area is 128 Å². The van der Waals surface area contributed by atoms with Gasteiger partial charge in [-0.15, -0.1) is 0 Å². The number of hydrogen-bond acceptors (Lipinski definition) is 5. The van der Waals surface area contributed by atoms with Gasteiger partial charge in [0.15, 0.2) is 5.76 Å². The molecule has 0 saturated heterocycles. The number of carbonyl (C=O) groups excluding carboxylic acids is 1. The van der Waals surface area contributed by atoms with E-state index in [2.05, 4.69) is 0 Å². The zero-order valence-electron chi connectivity index (χ0n) is 12.7. The van der Waals surface area contributed by atoms with E-state index in [4.69, 9.17) is 9.15 Å². The molecule has 0 amide bonds. The lowest BCUT2D eigenvalue weighted by atomic mass is 10.0. The summed E-state index contributed by atoms with van der Waals surface area (Å²) in [5.74, 6) is 1.87. The fourth-order valence-electron chi connectivity index (χ4n) is 2.43. The van der Waals surface area contributed by atoms with E-state index in [0.29, 0.717) is 29.2 Å². The van der Waals surface area contributed by atoms with Gasteiger partial charge in [0.05, 0.1) is 11.1 Å². The van der Waals surface area contributed by atoms with Crippen LogP contribution in [0.1, 0.15) is 27.4 Å². The normalized spacial score (nSPS) is 15.5. The van der Waals surface area contributed by atoms with Crippen molar-refractivity contribution in [3.8, 4) is 11.5 Å². The van der Waals surface area contributed by atoms with Crippen LogP contribution in [0.3, 0.4) is 0 Å². The Morgan fingerprint density at radius 2 is 2.00 bits per heavy atom. The largest absolute Gasteiger partial charge is 0.507 e. The highest BCUT2D eigenvalue weighted by Crippen LogP contribution is 2.39. The van der Waals surface area contributed by atoms with Crippen LogP contribution in [0.25, 0.3) is 6.08 Å². The van der Waals surface area contributed by atoms with Crippen LogP contribution in [0.15, 0.2) is 34.4 Å². The molecule has 0 fully saturated rings. The van der Waals surface area contributed by atoms with Crippen LogP contribution in [-0.2, 0) is 6.54 Å². The van der Waals surface area contributed by atoms with E-state index in [-0.39, 0.29) is 17.3 Å². The second-order valence-electron chi connectivity index (χ2n) is 5.57. The first kappa shape index (κ1) is 14.4. The summed E-state index contributed by atoms with van der Waals surface area (Å²) in [6.07, 6.45) is 1.58. The minimum absolute atomic E-state index is 0.121. The van der Waals surface area contributed by atoms with Gasteiger partial charge in [-0.25, -0.2) is 0 Å². The monoisotopic (exact) mass is 299 g/mol. The van der Waals surface area contributed by atoms with E-state index < -0.39 is 0 Å². The first-order chi connectivity index (χ1) is 10.5. The minimum atomic E-state index is -0.205. The van der Waals surface area contributed by atoms with Crippen molar-refractivity contribution in [2.75, 3.05) is 14.1 Å². The first-order valence-corrected chi connectivity index (χ1v) is 6.96. The average Bonchev–Trinajstić information content (AvgIpc) is 2.99. The van der Waals surface area contributed by atoms with E-state index in [0.717, 1.165) is 5.76 Å². The molecule has 1 aliphatic rings. The molecule has 1 N–H and O–H groups in total. The molecule has 3 rings (SSSR count). The summed E-state index contributed by atoms with van der Waals surface area (Å²) in [5, 5.41) is 10.0. The number of fused-ring (bicyclic) bond motifs is 1. The SMILES string of the molecule is Cc1ccc(/C=C2/Oc3c(ccc(O)c3CN(C)C)C2=O)o1. The molecular weight excluding hydrogens is 282 g/mol. The van der Waals surface area contributed by atoms with Gasteiger partial charge in [0, 0.05) is 12.6 Å². The number of phenols is 1. The number of ketones is 1. The Balaban J connectivity index is 2.01. The summed E-state index contributed by atoms with van der Waals surface area (Å²) in [4.78, 5) is 14.3. The van der Waals surface area contributed by atoms with Crippen LogP contribution in [0.5, 0.6) is 11.5 Å². The summed E-state index contributed by atoms with van der Waals surface area (Å²) < 4.78 is 11.2. The second-order valence-corrected chi connectivity index (χ2v) is 5.57. The van der Waals surface area contributed by atoms with E-state index in [1.165, 1.54) is 6.07 Å². The van der Waals surface area contributed by atoms with Gasteiger partial charge in [0.25, 0.3) is 0 Å². The Morgan fingerprint density at radius 1 is 1.23 bits per heavy atom. The molecule has 0 radical (unpaired) electrons. The third-order valence-corrected chi connectivity index (χ3v) is 3.43. The van der Waals surface area contributed by atoms with Gasteiger partial charge in [-0.1, -0.05) is 0 Å². The molecule has 2 heterocycles. The van der Waals surface area contributed by atoms with Crippen LogP contribution >= 0.6 is 0 Å². The van der Waals surface area contributed by atoms with Gasteiger partial charge in [-0.3, -0.25) is 4.79 Å². The third kappa shape index (κ3) is 2.51. The number of aryl methyl sites for hydroxylation is 1. The number of Topliss-reactive ketones (excluding diaryl/α,β-unsaturated/α-hetero) is 1. The molecule has 0 saturated carbocycles. The van der Waals surface area contributed by atoms with Crippen molar-refractivity contribution in [2.45, 2.75) is 13.5 Å². The number of furan rings is 1. The lowest BCUT2D eigenvalue weighted by Crippen LogP contribution is -2.11. The second kappa shape index (κ2) is 5.35. The topological polar surface area (TPSA) is 62.9 Å². The highest BCUT2D eigenvalue weighted by molar-refractivity contribution is 6.14. The molecule has 0 unspecified atom stereocenters. The summed E-state index contributed by atoms with van der Waals surface area (Å²) in [6.45, 7) is 2.32. The molecule has 2 aromatic rings. The Morgan fingerprint density at radius 3 is 2.64 bits per heavy atom. The smallest absolute Gasteiger partial charge is 0.232 e. The van der Waals surface area contributed by atoms with Crippen molar-refractivity contribution >= 4 is 11.9 Å². The molecule has 1 aliphatic heterocycles. The van der Waals surface area contributed by atoms with E-state index >= 15 is 0 Å². The van der Waals surface area contributed by atoms with Gasteiger partial charge >= 0.3 is 0 Å². The van der Waals surface area contributed by atoms with Crippen molar-refractivity contribution in [2.24, 2.45) is 0 Å². The van der Waals surface area contributed by atoms with Crippen LogP contribution < -0.4 is 4.74 Å². The van der Waals surface area contributed by atoms with Gasteiger partial charge < -0.3 is 19.2 Å². The molecule has 0 atom stereocenters. The van der Waals surface area contributed by atoms with Crippen LogP contribution in [0.2, 0.25) is 0 Å². The predicted molar refractivity (Wildman–Crippen MR) is 81.9 cm³/mol. The molecule has 0 bridgehead atoms. The molecule has 1 aromatic carbocycles. The van der Waals surface area contributed by atoms with Gasteiger partial charge in [-0.05, 0) is 45.3 Å². The molecular formula is C17H17NO4. The molecule has 1 aromatic heterocycles. The standard InChI is InChI=1S/C17H17NO4/c1-10-4-5-11(21-10)8-15-16(20)12-6-7-14(19)13(9-18(2)3)17(12)22-15/h4-8,19H,9H2,1-3H3/b15-8+. The molecule has 5 heteroatoms. The molecule has 22 heavy (non-hydrogen) atoms. The fraction of sp³-hybridized carbons (Fsp3) is 0.235. The summed E-state index contributed by atoms with van der Waals surface area (Å²) in [6, 6.07) is 6.71. The van der Waals surface area contributed by atoms with Crippen LogP contribution in [0, 0.1) is 6.92 Å². The van der Waals surface area contributed by atoms with Crippen molar-refractivity contribution in [3.05, 3.63) is 52.7 Å². The highest BCUT2D eigenvalue weighted by atomic mass is 16.5. The summed E-state index contributed by atoms with van der Waals surface area (Å²) >= 11 is 0. The van der Waals surface area contributed by atoms with E-state index in [1.807, 2.05) is 32.0 Å². The van der Waals surface area contributed by atoms with Crippen molar-refractivity contribution in [1.82, 2.24) is 4.90 Å². The predicted octanol–water partition coefficient (Wildman–Crippen LogP) is 2.97. The number of allylic oxidation sites excluding steroid dienone is 1. The summed E-state index contributed by atoms with van der Waals surface area (Å²) in [5.41, 5.74) is 1.07. The minimum Gasteiger partial charge on any atom is -0.507 e. The third-order valence-electron chi connectivity index (χ3n) is 3.43. The number of rotatable bonds is 3. The summed E-state index contributed by atoms with van der Waals surface area (Å²) in [7, 11) is 3.77. The van der Waals surface area contributed by atoms with E-state index in [9.17, 15) is 9.90 Å². The van der Waals surface area contributed by atoms with Gasteiger partial charge in [-0.2, -0.15) is 0 Å². The maximum Gasteiger partial charge on any atom is 0.232 e. The van der Waals surface area contributed by atoms with Crippen molar-refractivity contribution in [3.63, 3.8) is 0 Å². The quantitative estimate of drug-likeness (QED) is 0.883. The lowest BCUT2D eigenvalue weighted by Gasteiger charge is -2.13. The van der Waals surface area contributed by atoms with Gasteiger partial charge in [0.1, 0.15) is 23.0 Å². The number of benzene rings is 1. The average molecular weight is 299 g/mol. The van der Waals surface area contributed by atoms with Crippen molar-refractivity contribution in [1.29, 1.82) is 0 Å². The molecule has 0 aliphatic carbocycles. The zero-order valence-corrected chi connectivity index (χ0v) is 12.7. The van der Waals surface area contributed by atoms with Gasteiger partial charge in [0.2, 0.25) is 5.78 Å². The molecule has 5 nitrogen and oxygen atoms in total. The Hall–Kier alpha value is -2.53. The maximum absolute atomic E-state index is 12.4. The highest BCUT2D eigenvalue weighted by Gasteiger charge is 2.31. The Kier molecular flexibility index (Phi) is 3.50. The molecule has 0 spiro atoms. The van der Waals surface area contributed by atoms with Crippen LogP contribution in [-0.4, -0.2) is 29.9 Å². The Bertz CT molecular complexity index is 771. The van der Waals surface area contributed by atoms with Crippen molar-refractivity contribution < 1.29 is 19.1 Å². The number of carbonyl (C=O) groups is 1. The number of nitrogens with zero attached hydrogens (tertiary/aromatic N) is 1. The number of ether oxygens (including phenoxy) is 1. The maximum atomic E-state index is 12.4. The lowest BCUT2D eigenvalue weighted by molar-refractivity contribution is 0.101.